The van der Waals surface area contributed by atoms with E-state index < -0.39 is 5.97 Å². The summed E-state index contributed by atoms with van der Waals surface area (Å²) in [5.41, 5.74) is 2.24. The van der Waals surface area contributed by atoms with Crippen molar-refractivity contribution in [1.82, 2.24) is 9.80 Å². The Hall–Kier alpha value is -3.16. The lowest BCUT2D eigenvalue weighted by molar-refractivity contribution is 0.0600. The molecule has 2 aliphatic rings. The van der Waals surface area contributed by atoms with Crippen LogP contribution in [0.25, 0.3) is 6.08 Å². The summed E-state index contributed by atoms with van der Waals surface area (Å²) in [6.07, 6.45) is 1.64. The summed E-state index contributed by atoms with van der Waals surface area (Å²) >= 11 is 0. The van der Waals surface area contributed by atoms with Crippen molar-refractivity contribution in [3.8, 4) is 11.5 Å². The number of phenols is 1. The molecule has 2 aromatic rings. The van der Waals surface area contributed by atoms with Crippen LogP contribution in [0.5, 0.6) is 11.5 Å². The molecular weight excluding hydrogens is 384 g/mol. The molecule has 0 aliphatic carbocycles. The van der Waals surface area contributed by atoms with Crippen LogP contribution < -0.4 is 4.74 Å². The maximum absolute atomic E-state index is 12.9. The largest absolute Gasteiger partial charge is 0.507 e. The summed E-state index contributed by atoms with van der Waals surface area (Å²) in [7, 11) is 3.42. The molecule has 0 unspecified atom stereocenters. The number of ether oxygens (including phenoxy) is 2. The Bertz CT molecular complexity index is 1000. The highest BCUT2D eigenvalue weighted by molar-refractivity contribution is 6.15. The van der Waals surface area contributed by atoms with Crippen molar-refractivity contribution in [2.24, 2.45) is 0 Å². The van der Waals surface area contributed by atoms with Crippen LogP contribution in [0.1, 0.15) is 31.8 Å². The normalized spacial score (nSPS) is 18.3. The van der Waals surface area contributed by atoms with Gasteiger partial charge in [-0.3, -0.25) is 9.69 Å². The Balaban J connectivity index is 1.58. The number of carbonyl (C=O) groups is 2. The van der Waals surface area contributed by atoms with Gasteiger partial charge in [0, 0.05) is 32.7 Å². The quantitative estimate of drug-likeness (QED) is 0.615. The fraction of sp³-hybridized carbons (Fsp3) is 0.304. The van der Waals surface area contributed by atoms with Gasteiger partial charge in [-0.05, 0) is 43.0 Å². The molecule has 4 rings (SSSR count). The molecule has 0 spiro atoms. The van der Waals surface area contributed by atoms with E-state index in [0.29, 0.717) is 29.0 Å². The van der Waals surface area contributed by atoms with Gasteiger partial charge in [0.05, 0.1) is 23.8 Å². The molecule has 156 valence electrons. The second-order valence-electron chi connectivity index (χ2n) is 7.57. The topological polar surface area (TPSA) is 79.3 Å². The van der Waals surface area contributed by atoms with Gasteiger partial charge in [-0.1, -0.05) is 12.1 Å². The maximum Gasteiger partial charge on any atom is 0.337 e. The van der Waals surface area contributed by atoms with E-state index in [4.69, 9.17) is 9.47 Å². The number of hydrogen-bond acceptors (Lipinski definition) is 7. The highest BCUT2D eigenvalue weighted by atomic mass is 16.5. The number of ketones is 1. The highest BCUT2D eigenvalue weighted by Crippen LogP contribution is 2.40. The minimum absolute atomic E-state index is 0.129. The Morgan fingerprint density at radius 1 is 1.13 bits per heavy atom. The van der Waals surface area contributed by atoms with Crippen LogP contribution in [0.4, 0.5) is 0 Å². The first kappa shape index (κ1) is 20.1. The molecule has 7 heteroatoms. The number of hydrogen-bond donors (Lipinski definition) is 1. The van der Waals surface area contributed by atoms with E-state index in [1.165, 1.54) is 7.11 Å². The molecule has 1 N–H and O–H groups in total. The lowest BCUT2D eigenvalue weighted by atomic mass is 10.0. The van der Waals surface area contributed by atoms with Crippen molar-refractivity contribution in [1.29, 1.82) is 0 Å². The van der Waals surface area contributed by atoms with Crippen LogP contribution in [0, 0.1) is 0 Å². The molecule has 2 aliphatic heterocycles. The third-order valence-corrected chi connectivity index (χ3v) is 5.52. The summed E-state index contributed by atoms with van der Waals surface area (Å²) in [6.45, 7) is 4.23. The van der Waals surface area contributed by atoms with E-state index >= 15 is 0 Å². The Morgan fingerprint density at radius 3 is 2.50 bits per heavy atom. The summed E-state index contributed by atoms with van der Waals surface area (Å²) in [6, 6.07) is 9.87. The summed E-state index contributed by atoms with van der Waals surface area (Å²) in [4.78, 5) is 28.9. The first-order chi connectivity index (χ1) is 14.5. The SMILES string of the molecule is COC(=O)c1ccc(/C=C2\Oc3c(ccc(O)c3CN3CCN(C)CC3)C2=O)cc1. The number of benzene rings is 2. The number of methoxy groups -OCH3 is 1. The van der Waals surface area contributed by atoms with Crippen LogP contribution >= 0.6 is 0 Å². The maximum atomic E-state index is 12.9. The van der Waals surface area contributed by atoms with Crippen LogP contribution in [0.2, 0.25) is 0 Å². The fourth-order valence-electron chi connectivity index (χ4n) is 3.66. The lowest BCUT2D eigenvalue weighted by Crippen LogP contribution is -2.43. The number of piperazine rings is 1. The Kier molecular flexibility index (Phi) is 5.57. The highest BCUT2D eigenvalue weighted by Gasteiger charge is 2.32. The summed E-state index contributed by atoms with van der Waals surface area (Å²) in [5, 5.41) is 10.4. The van der Waals surface area contributed by atoms with Gasteiger partial charge in [-0.2, -0.15) is 0 Å². The predicted octanol–water partition coefficient (Wildman–Crippen LogP) is 2.54. The first-order valence-electron chi connectivity index (χ1n) is 9.84. The van der Waals surface area contributed by atoms with Gasteiger partial charge in [0.1, 0.15) is 11.5 Å². The van der Waals surface area contributed by atoms with Crippen molar-refractivity contribution in [2.45, 2.75) is 6.54 Å². The van der Waals surface area contributed by atoms with Gasteiger partial charge in [-0.15, -0.1) is 0 Å². The molecule has 0 bridgehead atoms. The molecule has 0 atom stereocenters. The van der Waals surface area contributed by atoms with E-state index in [-0.39, 0.29) is 17.3 Å². The van der Waals surface area contributed by atoms with Crippen LogP contribution in [0.15, 0.2) is 42.2 Å². The van der Waals surface area contributed by atoms with Crippen molar-refractivity contribution in [3.63, 3.8) is 0 Å². The third kappa shape index (κ3) is 3.94. The molecule has 1 saturated heterocycles. The number of rotatable bonds is 4. The molecular formula is C23H24N2O5. The van der Waals surface area contributed by atoms with E-state index in [1.807, 2.05) is 0 Å². The Labute approximate surface area is 175 Å². The molecule has 7 nitrogen and oxygen atoms in total. The van der Waals surface area contributed by atoms with Crippen molar-refractivity contribution < 1.29 is 24.2 Å². The molecule has 0 aromatic heterocycles. The van der Waals surface area contributed by atoms with Gasteiger partial charge in [0.2, 0.25) is 5.78 Å². The number of likely N-dealkylation sites (N-methyl/N-ethyl adjacent to an activating group) is 1. The average molecular weight is 408 g/mol. The number of carbonyl (C=O) groups excluding carboxylic acids is 2. The van der Waals surface area contributed by atoms with E-state index in [9.17, 15) is 14.7 Å². The predicted molar refractivity (Wildman–Crippen MR) is 112 cm³/mol. The van der Waals surface area contributed by atoms with Crippen molar-refractivity contribution >= 4 is 17.8 Å². The van der Waals surface area contributed by atoms with Crippen molar-refractivity contribution in [2.75, 3.05) is 40.3 Å². The molecule has 2 aromatic carbocycles. The monoisotopic (exact) mass is 408 g/mol. The van der Waals surface area contributed by atoms with Gasteiger partial charge in [-0.25, -0.2) is 4.79 Å². The van der Waals surface area contributed by atoms with Gasteiger partial charge >= 0.3 is 5.97 Å². The average Bonchev–Trinajstić information content (AvgIpc) is 3.07. The van der Waals surface area contributed by atoms with E-state index in [2.05, 4.69) is 16.8 Å². The third-order valence-electron chi connectivity index (χ3n) is 5.52. The van der Waals surface area contributed by atoms with Gasteiger partial charge in [0.15, 0.2) is 5.76 Å². The molecule has 0 amide bonds. The number of esters is 1. The zero-order valence-electron chi connectivity index (χ0n) is 17.1. The zero-order chi connectivity index (χ0) is 21.3. The molecule has 30 heavy (non-hydrogen) atoms. The standard InChI is InChI=1S/C23H24N2O5/c1-24-9-11-25(12-10-24)14-18-19(26)8-7-17-21(27)20(30-22(17)18)13-15-3-5-16(6-4-15)23(28)29-2/h3-8,13,26H,9-12,14H2,1-2H3/b20-13-. The smallest absolute Gasteiger partial charge is 0.337 e. The minimum Gasteiger partial charge on any atom is -0.507 e. The minimum atomic E-state index is -0.418. The van der Waals surface area contributed by atoms with Crippen LogP contribution in [0.3, 0.4) is 0 Å². The van der Waals surface area contributed by atoms with Crippen LogP contribution in [-0.2, 0) is 11.3 Å². The van der Waals surface area contributed by atoms with Gasteiger partial charge < -0.3 is 19.5 Å². The number of aromatic hydroxyl groups is 1. The number of fused-ring (bicyclic) bond motifs is 1. The Morgan fingerprint density at radius 2 is 1.83 bits per heavy atom. The zero-order valence-corrected chi connectivity index (χ0v) is 17.1. The van der Waals surface area contributed by atoms with E-state index in [0.717, 1.165) is 31.7 Å². The second kappa shape index (κ2) is 8.30. The summed E-state index contributed by atoms with van der Waals surface area (Å²) < 4.78 is 10.6. The molecule has 2 heterocycles. The number of allylic oxidation sites excluding steroid dienone is 1. The molecule has 0 radical (unpaired) electrons. The number of nitrogens with zero attached hydrogens (tertiary/aromatic N) is 2. The lowest BCUT2D eigenvalue weighted by Gasteiger charge is -2.32. The second-order valence-corrected chi connectivity index (χ2v) is 7.57. The number of Topliss-reactive ketones (excluding diaryl/α,β-unsaturated/α-hetero) is 1. The molecule has 1 fully saturated rings. The number of phenolic OH excluding ortho intramolecular Hbond substituents is 1. The first-order valence-corrected chi connectivity index (χ1v) is 9.84. The van der Waals surface area contributed by atoms with Gasteiger partial charge in [0.25, 0.3) is 0 Å². The molecule has 0 saturated carbocycles. The van der Waals surface area contributed by atoms with E-state index in [1.54, 1.807) is 42.5 Å². The van der Waals surface area contributed by atoms with Crippen molar-refractivity contribution in [3.05, 3.63) is 64.4 Å². The fourth-order valence-corrected chi connectivity index (χ4v) is 3.66. The van der Waals surface area contributed by atoms with Crippen LogP contribution in [-0.4, -0.2) is 67.0 Å². The summed E-state index contributed by atoms with van der Waals surface area (Å²) in [5.74, 6) is 0.113.